The Bertz CT molecular complexity index is 1190. The topological polar surface area (TPSA) is 125 Å². The average molecular weight is 426 g/mol. The minimum atomic E-state index is -0.651. The average Bonchev–Trinajstić information content (AvgIpc) is 3.34. The molecule has 0 aliphatic carbocycles. The molecule has 152 valence electrons. The number of aromatic nitrogens is 4. The Kier molecular flexibility index (Phi) is 5.36. The molecule has 0 bridgehead atoms. The largest absolute Gasteiger partial charge is 0.365 e. The zero-order chi connectivity index (χ0) is 21.1. The molecular weight excluding hydrogens is 409 g/mol. The second-order valence-electron chi connectivity index (χ2n) is 6.45. The number of aromatic amines is 2. The first-order valence-corrected chi connectivity index (χ1v) is 9.32. The van der Waals surface area contributed by atoms with Crippen molar-refractivity contribution < 1.29 is 9.18 Å². The number of carbonyl (C=O) groups excluding carboxylic acids is 1. The molecule has 0 fully saturated rings. The van der Waals surface area contributed by atoms with Crippen molar-refractivity contribution >= 4 is 34.8 Å². The van der Waals surface area contributed by atoms with Gasteiger partial charge in [-0.1, -0.05) is 17.7 Å². The predicted octanol–water partition coefficient (Wildman–Crippen LogP) is 4.05. The van der Waals surface area contributed by atoms with E-state index in [-0.39, 0.29) is 11.4 Å². The number of hydrogen-bond donors (Lipinski definition) is 5. The van der Waals surface area contributed by atoms with E-state index in [0.29, 0.717) is 28.9 Å². The third-order valence-corrected chi connectivity index (χ3v) is 4.64. The van der Waals surface area contributed by atoms with Gasteiger partial charge in [-0.2, -0.15) is 10.2 Å². The highest BCUT2D eigenvalue weighted by Gasteiger charge is 2.19. The van der Waals surface area contributed by atoms with Crippen molar-refractivity contribution in [2.24, 2.45) is 5.73 Å². The molecule has 4 aromatic rings. The molecule has 0 aliphatic heterocycles. The minimum absolute atomic E-state index is 0.182. The number of halogens is 2. The first-order chi connectivity index (χ1) is 14.5. The number of H-pyrrole nitrogens is 2. The summed E-state index contributed by atoms with van der Waals surface area (Å²) in [7, 11) is 0. The first-order valence-electron chi connectivity index (χ1n) is 8.94. The van der Waals surface area contributed by atoms with Gasteiger partial charge in [0.05, 0.1) is 11.9 Å². The molecule has 0 radical (unpaired) electrons. The third kappa shape index (κ3) is 4.11. The van der Waals surface area contributed by atoms with Gasteiger partial charge in [0, 0.05) is 28.4 Å². The van der Waals surface area contributed by atoms with Gasteiger partial charge in [-0.25, -0.2) is 4.39 Å². The van der Waals surface area contributed by atoms with Crippen LogP contribution in [0.25, 0.3) is 11.3 Å². The zero-order valence-electron chi connectivity index (χ0n) is 15.5. The number of benzene rings is 2. The standard InChI is InChI=1S/C20H17ClFN7O/c21-13-2-1-3-15(8-13)26-20-16(18(23)30)19(28-29-20)24-9-12-10-25-27-17(12)11-4-6-14(22)7-5-11/h1-8,10H,9H2,(H2,23,30)(H,25,27)(H3,24,26,28,29). The maximum absolute atomic E-state index is 13.2. The first kappa shape index (κ1) is 19.5. The van der Waals surface area contributed by atoms with Crippen molar-refractivity contribution in [3.8, 4) is 11.3 Å². The van der Waals surface area contributed by atoms with Gasteiger partial charge in [0.1, 0.15) is 17.2 Å². The van der Waals surface area contributed by atoms with Gasteiger partial charge in [-0.15, -0.1) is 0 Å². The fourth-order valence-corrected chi connectivity index (χ4v) is 3.19. The van der Waals surface area contributed by atoms with E-state index in [2.05, 4.69) is 31.0 Å². The monoisotopic (exact) mass is 425 g/mol. The molecule has 2 heterocycles. The summed E-state index contributed by atoms with van der Waals surface area (Å²) < 4.78 is 13.2. The summed E-state index contributed by atoms with van der Waals surface area (Å²) >= 11 is 6.00. The SMILES string of the molecule is NC(=O)c1c(NCc2cn[nH]c2-c2ccc(F)cc2)n[nH]c1Nc1cccc(Cl)c1. The van der Waals surface area contributed by atoms with Crippen molar-refractivity contribution in [3.63, 3.8) is 0 Å². The van der Waals surface area contributed by atoms with Crippen molar-refractivity contribution in [2.75, 3.05) is 10.6 Å². The molecule has 0 spiro atoms. The lowest BCUT2D eigenvalue weighted by Gasteiger charge is -2.08. The molecule has 2 aromatic carbocycles. The van der Waals surface area contributed by atoms with Crippen LogP contribution in [0.4, 0.5) is 21.7 Å². The smallest absolute Gasteiger partial charge is 0.256 e. The summed E-state index contributed by atoms with van der Waals surface area (Å²) in [5.41, 5.74) is 8.75. The number of nitrogens with two attached hydrogens (primary N) is 1. The van der Waals surface area contributed by atoms with Gasteiger partial charge in [-0.05, 0) is 42.5 Å². The number of hydrogen-bond acceptors (Lipinski definition) is 5. The summed E-state index contributed by atoms with van der Waals surface area (Å²) in [6, 6.07) is 13.1. The lowest BCUT2D eigenvalue weighted by molar-refractivity contribution is 0.100. The van der Waals surface area contributed by atoms with E-state index in [1.54, 1.807) is 42.6 Å². The van der Waals surface area contributed by atoms with Crippen LogP contribution in [0.15, 0.2) is 54.7 Å². The second kappa shape index (κ2) is 8.26. The lowest BCUT2D eigenvalue weighted by Crippen LogP contribution is -2.15. The molecular formula is C20H17ClFN7O. The Labute approximate surface area is 175 Å². The molecule has 0 saturated carbocycles. The molecule has 0 unspecified atom stereocenters. The van der Waals surface area contributed by atoms with Gasteiger partial charge >= 0.3 is 0 Å². The maximum Gasteiger partial charge on any atom is 0.256 e. The number of amides is 1. The third-order valence-electron chi connectivity index (χ3n) is 4.40. The van der Waals surface area contributed by atoms with Crippen LogP contribution in [-0.2, 0) is 6.54 Å². The Balaban J connectivity index is 1.55. The van der Waals surface area contributed by atoms with Crippen molar-refractivity contribution in [1.82, 2.24) is 20.4 Å². The molecule has 10 heteroatoms. The van der Waals surface area contributed by atoms with Crippen molar-refractivity contribution in [2.45, 2.75) is 6.54 Å². The molecule has 0 aliphatic rings. The molecule has 0 saturated heterocycles. The fourth-order valence-electron chi connectivity index (χ4n) is 3.00. The van der Waals surface area contributed by atoms with E-state index < -0.39 is 5.91 Å². The Morgan fingerprint density at radius 1 is 1.17 bits per heavy atom. The second-order valence-corrected chi connectivity index (χ2v) is 6.89. The van der Waals surface area contributed by atoms with Crippen LogP contribution in [0, 0.1) is 5.82 Å². The van der Waals surface area contributed by atoms with Crippen LogP contribution in [0.3, 0.4) is 0 Å². The van der Waals surface area contributed by atoms with Gasteiger partial charge in [-0.3, -0.25) is 15.0 Å². The summed E-state index contributed by atoms with van der Waals surface area (Å²) in [6.07, 6.45) is 1.65. The quantitative estimate of drug-likeness (QED) is 0.305. The number of anilines is 3. The van der Waals surface area contributed by atoms with E-state index in [4.69, 9.17) is 17.3 Å². The summed E-state index contributed by atoms with van der Waals surface area (Å²) in [5, 5.41) is 20.6. The van der Waals surface area contributed by atoms with E-state index in [0.717, 1.165) is 16.8 Å². The maximum atomic E-state index is 13.2. The van der Waals surface area contributed by atoms with Crippen molar-refractivity contribution in [3.05, 3.63) is 76.7 Å². The number of nitrogens with zero attached hydrogens (tertiary/aromatic N) is 2. The van der Waals surface area contributed by atoms with Crippen LogP contribution in [0.5, 0.6) is 0 Å². The van der Waals surface area contributed by atoms with Crippen molar-refractivity contribution in [1.29, 1.82) is 0 Å². The Morgan fingerprint density at radius 3 is 2.70 bits per heavy atom. The fraction of sp³-hybridized carbons (Fsp3) is 0.0500. The predicted molar refractivity (Wildman–Crippen MR) is 113 cm³/mol. The number of carbonyl (C=O) groups is 1. The van der Waals surface area contributed by atoms with Crippen LogP contribution in [0.2, 0.25) is 5.02 Å². The number of nitrogens with one attached hydrogen (secondary N) is 4. The Morgan fingerprint density at radius 2 is 1.97 bits per heavy atom. The summed E-state index contributed by atoms with van der Waals surface area (Å²) in [5.74, 6) is -0.335. The van der Waals surface area contributed by atoms with E-state index in [9.17, 15) is 9.18 Å². The molecule has 8 nitrogen and oxygen atoms in total. The van der Waals surface area contributed by atoms with Gasteiger partial charge in [0.25, 0.3) is 5.91 Å². The number of primary amides is 1. The number of rotatable bonds is 7. The van der Waals surface area contributed by atoms with Crippen LogP contribution >= 0.6 is 11.6 Å². The van der Waals surface area contributed by atoms with E-state index in [1.165, 1.54) is 12.1 Å². The Hall–Kier alpha value is -3.85. The molecule has 6 N–H and O–H groups in total. The van der Waals surface area contributed by atoms with E-state index >= 15 is 0 Å². The van der Waals surface area contributed by atoms with Crippen LogP contribution in [-0.4, -0.2) is 26.3 Å². The normalized spacial score (nSPS) is 10.7. The summed E-state index contributed by atoms with van der Waals surface area (Å²) in [6.45, 7) is 0.310. The highest BCUT2D eigenvalue weighted by Crippen LogP contribution is 2.27. The summed E-state index contributed by atoms with van der Waals surface area (Å²) in [4.78, 5) is 12.0. The van der Waals surface area contributed by atoms with Crippen LogP contribution < -0.4 is 16.4 Å². The molecule has 30 heavy (non-hydrogen) atoms. The highest BCUT2D eigenvalue weighted by molar-refractivity contribution is 6.30. The molecule has 4 rings (SSSR count). The minimum Gasteiger partial charge on any atom is -0.365 e. The zero-order valence-corrected chi connectivity index (χ0v) is 16.3. The van der Waals surface area contributed by atoms with Crippen LogP contribution in [0.1, 0.15) is 15.9 Å². The van der Waals surface area contributed by atoms with E-state index in [1.807, 2.05) is 0 Å². The molecule has 1 amide bonds. The molecule has 0 atom stereocenters. The van der Waals surface area contributed by atoms with Gasteiger partial charge in [0.15, 0.2) is 5.82 Å². The molecule has 2 aromatic heterocycles. The van der Waals surface area contributed by atoms with Gasteiger partial charge < -0.3 is 16.4 Å². The highest BCUT2D eigenvalue weighted by atomic mass is 35.5. The lowest BCUT2D eigenvalue weighted by atomic mass is 10.1. The van der Waals surface area contributed by atoms with Gasteiger partial charge in [0.2, 0.25) is 0 Å².